The minimum absolute atomic E-state index is 0.0768. The van der Waals surface area contributed by atoms with Crippen LogP contribution in [0.1, 0.15) is 27.1 Å². The quantitative estimate of drug-likeness (QED) is 0.353. The van der Waals surface area contributed by atoms with E-state index in [-0.39, 0.29) is 17.2 Å². The van der Waals surface area contributed by atoms with Crippen LogP contribution in [-0.4, -0.2) is 22.5 Å². The highest BCUT2D eigenvalue weighted by atomic mass is 32.2. The van der Waals surface area contributed by atoms with Crippen molar-refractivity contribution in [1.82, 2.24) is 4.90 Å². The lowest BCUT2D eigenvalue weighted by atomic mass is 10.1. The highest BCUT2D eigenvalue weighted by molar-refractivity contribution is 8.00. The lowest BCUT2D eigenvalue weighted by molar-refractivity contribution is -0.128. The Labute approximate surface area is 201 Å². The van der Waals surface area contributed by atoms with Gasteiger partial charge in [0.25, 0.3) is 5.91 Å². The van der Waals surface area contributed by atoms with Gasteiger partial charge in [-0.25, -0.2) is 0 Å². The SMILES string of the molecule is O=C(Nc1ccc(Oc2ccccc2)cc1)c1ccc([C@@H]2SCC(=O)N2Cc2ccco2)cc1. The number of thioether (sulfide) groups is 1. The van der Waals surface area contributed by atoms with Crippen LogP contribution in [0.2, 0.25) is 0 Å². The summed E-state index contributed by atoms with van der Waals surface area (Å²) in [5.74, 6) is 2.49. The van der Waals surface area contributed by atoms with Crippen LogP contribution in [0.25, 0.3) is 0 Å². The van der Waals surface area contributed by atoms with Crippen molar-refractivity contribution in [2.45, 2.75) is 11.9 Å². The third-order valence-corrected chi connectivity index (χ3v) is 6.68. The number of rotatable bonds is 7. The average molecular weight is 471 g/mol. The van der Waals surface area contributed by atoms with E-state index in [1.165, 1.54) is 0 Å². The third kappa shape index (κ3) is 5.00. The fourth-order valence-electron chi connectivity index (χ4n) is 3.70. The van der Waals surface area contributed by atoms with E-state index in [4.69, 9.17) is 9.15 Å². The standard InChI is InChI=1S/C27H22N2O4S/c30-25-18-34-27(29(25)17-24-7-4-16-32-24)20-10-8-19(9-11-20)26(31)28-21-12-14-23(15-13-21)33-22-5-2-1-3-6-22/h1-16,27H,17-18H2,(H,28,31)/t27-/m0/s1. The van der Waals surface area contributed by atoms with Crippen LogP contribution in [0.4, 0.5) is 5.69 Å². The average Bonchev–Trinajstić information content (AvgIpc) is 3.51. The normalized spacial score (nSPS) is 15.4. The summed E-state index contributed by atoms with van der Waals surface area (Å²) in [4.78, 5) is 26.9. The minimum Gasteiger partial charge on any atom is -0.467 e. The van der Waals surface area contributed by atoms with E-state index in [0.29, 0.717) is 29.3 Å². The number of ether oxygens (including phenoxy) is 1. The lowest BCUT2D eigenvalue weighted by Gasteiger charge is -2.23. The smallest absolute Gasteiger partial charge is 0.255 e. The summed E-state index contributed by atoms with van der Waals surface area (Å²) in [5.41, 5.74) is 2.19. The first-order valence-electron chi connectivity index (χ1n) is 10.8. The van der Waals surface area contributed by atoms with Crippen molar-refractivity contribution in [3.8, 4) is 11.5 Å². The second-order valence-electron chi connectivity index (χ2n) is 7.78. The Bertz CT molecular complexity index is 1260. The maximum atomic E-state index is 12.7. The zero-order valence-corrected chi connectivity index (χ0v) is 19.0. The predicted molar refractivity (Wildman–Crippen MR) is 132 cm³/mol. The molecule has 5 rings (SSSR count). The number of nitrogens with zero attached hydrogens (tertiary/aromatic N) is 1. The molecule has 0 saturated carbocycles. The molecule has 1 fully saturated rings. The van der Waals surface area contributed by atoms with Crippen molar-refractivity contribution in [3.63, 3.8) is 0 Å². The largest absolute Gasteiger partial charge is 0.467 e. The van der Waals surface area contributed by atoms with Gasteiger partial charge in [0.2, 0.25) is 5.91 Å². The summed E-state index contributed by atoms with van der Waals surface area (Å²) in [5, 5.41) is 2.80. The fourth-order valence-corrected chi connectivity index (χ4v) is 4.89. The topological polar surface area (TPSA) is 71.8 Å². The van der Waals surface area contributed by atoms with Gasteiger partial charge in [-0.05, 0) is 66.2 Å². The van der Waals surface area contributed by atoms with Gasteiger partial charge in [0, 0.05) is 11.3 Å². The van der Waals surface area contributed by atoms with E-state index in [2.05, 4.69) is 5.32 Å². The molecule has 6 nitrogen and oxygen atoms in total. The van der Waals surface area contributed by atoms with Gasteiger partial charge in [0.1, 0.15) is 22.6 Å². The summed E-state index contributed by atoms with van der Waals surface area (Å²) >= 11 is 1.57. The predicted octanol–water partition coefficient (Wildman–Crippen LogP) is 6.10. The van der Waals surface area contributed by atoms with Crippen LogP contribution in [0.5, 0.6) is 11.5 Å². The molecule has 1 atom stereocenters. The number of carbonyl (C=O) groups excluding carboxylic acids is 2. The number of hydrogen-bond donors (Lipinski definition) is 1. The first-order chi connectivity index (χ1) is 16.7. The Balaban J connectivity index is 1.22. The summed E-state index contributed by atoms with van der Waals surface area (Å²) in [6, 6.07) is 27.8. The molecular formula is C27H22N2O4S. The summed E-state index contributed by atoms with van der Waals surface area (Å²) in [6.07, 6.45) is 1.61. The van der Waals surface area contributed by atoms with Gasteiger partial charge in [0.15, 0.2) is 0 Å². The number of amides is 2. The van der Waals surface area contributed by atoms with E-state index < -0.39 is 0 Å². The molecule has 4 aromatic rings. The maximum absolute atomic E-state index is 12.7. The molecule has 1 aliphatic heterocycles. The molecule has 0 bridgehead atoms. The number of nitrogens with one attached hydrogen (secondary N) is 1. The lowest BCUT2D eigenvalue weighted by Crippen LogP contribution is -2.27. The molecule has 2 heterocycles. The van der Waals surface area contributed by atoms with E-state index in [0.717, 1.165) is 17.1 Å². The molecule has 1 aliphatic rings. The fraction of sp³-hybridized carbons (Fsp3) is 0.111. The molecule has 170 valence electrons. The second kappa shape index (κ2) is 9.89. The van der Waals surface area contributed by atoms with Crippen molar-refractivity contribution in [2.75, 3.05) is 11.1 Å². The van der Waals surface area contributed by atoms with Crippen molar-refractivity contribution < 1.29 is 18.7 Å². The van der Waals surface area contributed by atoms with E-state index in [9.17, 15) is 9.59 Å². The first kappa shape index (κ1) is 21.9. The molecule has 34 heavy (non-hydrogen) atoms. The van der Waals surface area contributed by atoms with Gasteiger partial charge in [0.05, 0.1) is 18.6 Å². The number of furan rings is 1. The number of benzene rings is 3. The molecule has 0 unspecified atom stereocenters. The monoisotopic (exact) mass is 470 g/mol. The van der Waals surface area contributed by atoms with Gasteiger partial charge in [-0.15, -0.1) is 11.8 Å². The maximum Gasteiger partial charge on any atom is 0.255 e. The summed E-state index contributed by atoms with van der Waals surface area (Å²) in [7, 11) is 0. The zero-order chi connectivity index (χ0) is 23.3. The molecule has 2 amide bonds. The molecule has 0 spiro atoms. The summed E-state index contributed by atoms with van der Waals surface area (Å²) < 4.78 is 11.2. The Morgan fingerprint density at radius 3 is 2.38 bits per heavy atom. The highest BCUT2D eigenvalue weighted by Crippen LogP contribution is 2.39. The highest BCUT2D eigenvalue weighted by Gasteiger charge is 2.33. The Morgan fingerprint density at radius 1 is 0.941 bits per heavy atom. The van der Waals surface area contributed by atoms with Crippen LogP contribution in [0.3, 0.4) is 0 Å². The molecule has 3 aromatic carbocycles. The number of anilines is 1. The van der Waals surface area contributed by atoms with Gasteiger partial charge < -0.3 is 19.4 Å². The van der Waals surface area contributed by atoms with Crippen LogP contribution in [0.15, 0.2) is 102 Å². The van der Waals surface area contributed by atoms with Crippen molar-refractivity contribution in [2.24, 2.45) is 0 Å². The molecule has 1 saturated heterocycles. The van der Waals surface area contributed by atoms with Crippen molar-refractivity contribution in [1.29, 1.82) is 0 Å². The second-order valence-corrected chi connectivity index (χ2v) is 8.85. The minimum atomic E-state index is -0.203. The summed E-state index contributed by atoms with van der Waals surface area (Å²) in [6.45, 7) is 0.426. The molecule has 1 aromatic heterocycles. The van der Waals surface area contributed by atoms with E-state index in [1.54, 1.807) is 47.2 Å². The van der Waals surface area contributed by atoms with Gasteiger partial charge in [-0.1, -0.05) is 30.3 Å². The van der Waals surface area contributed by atoms with Gasteiger partial charge in [-0.2, -0.15) is 0 Å². The Morgan fingerprint density at radius 2 is 1.68 bits per heavy atom. The van der Waals surface area contributed by atoms with Crippen molar-refractivity contribution in [3.05, 3.63) is 114 Å². The molecule has 1 N–H and O–H groups in total. The van der Waals surface area contributed by atoms with Gasteiger partial charge >= 0.3 is 0 Å². The molecule has 0 radical (unpaired) electrons. The Hall–Kier alpha value is -3.97. The Kier molecular flexibility index (Phi) is 6.35. The van der Waals surface area contributed by atoms with Crippen LogP contribution < -0.4 is 10.1 Å². The van der Waals surface area contributed by atoms with Crippen molar-refractivity contribution >= 4 is 29.3 Å². The molecular weight excluding hydrogens is 448 g/mol. The van der Waals surface area contributed by atoms with Crippen LogP contribution >= 0.6 is 11.8 Å². The number of hydrogen-bond acceptors (Lipinski definition) is 5. The number of para-hydroxylation sites is 1. The third-order valence-electron chi connectivity index (χ3n) is 5.42. The molecule has 7 heteroatoms. The van der Waals surface area contributed by atoms with Gasteiger partial charge in [-0.3, -0.25) is 9.59 Å². The van der Waals surface area contributed by atoms with E-state index in [1.807, 2.05) is 66.7 Å². The first-order valence-corrected chi connectivity index (χ1v) is 11.9. The number of carbonyl (C=O) groups is 2. The van der Waals surface area contributed by atoms with Crippen LogP contribution in [0, 0.1) is 0 Å². The zero-order valence-electron chi connectivity index (χ0n) is 18.2. The van der Waals surface area contributed by atoms with E-state index >= 15 is 0 Å². The van der Waals surface area contributed by atoms with Crippen LogP contribution in [-0.2, 0) is 11.3 Å². The molecule has 0 aliphatic carbocycles.